The lowest BCUT2D eigenvalue weighted by Crippen LogP contribution is -1.48. The predicted octanol–water partition coefficient (Wildman–Crippen LogP) is 1.13. The highest BCUT2D eigenvalue weighted by atomic mass is 31.1. The van der Waals surface area contributed by atoms with Gasteiger partial charge in [-0.15, -0.1) is 8.58 Å². The highest BCUT2D eigenvalue weighted by Crippen LogP contribution is 1.95. The lowest BCUT2D eigenvalue weighted by molar-refractivity contribution is 1.81. The quantitative estimate of drug-likeness (QED) is 0.410. The first kappa shape index (κ1) is 4.43. The molecule has 1 unspecified atom stereocenters. The van der Waals surface area contributed by atoms with Crippen molar-refractivity contribution >= 4 is 8.58 Å². The van der Waals surface area contributed by atoms with Crippen LogP contribution in [0.3, 0.4) is 0 Å². The van der Waals surface area contributed by atoms with Crippen LogP contribution in [0, 0.1) is 6.92 Å². The summed E-state index contributed by atoms with van der Waals surface area (Å²) in [7, 11) is 1.03. The minimum absolute atomic E-state index is 1.03. The van der Waals surface area contributed by atoms with Crippen LogP contribution < -0.4 is 0 Å². The Balaban J connectivity index is 1.97. The van der Waals surface area contributed by atoms with Crippen LogP contribution in [0.5, 0.6) is 0 Å². The Morgan fingerprint density at radius 1 is 2.00 bits per heavy atom. The standard InChI is InChI=1S/C3H8P/c1-3-4-2/h4H,1,3H2,2H3. The summed E-state index contributed by atoms with van der Waals surface area (Å²) >= 11 is 0. The summed E-state index contributed by atoms with van der Waals surface area (Å²) in [6.45, 7) is 5.76. The molecule has 0 bridgehead atoms. The first-order valence-corrected chi connectivity index (χ1v) is 3.06. The zero-order chi connectivity index (χ0) is 3.41. The van der Waals surface area contributed by atoms with Crippen molar-refractivity contribution in [3.05, 3.63) is 6.92 Å². The molecule has 0 saturated carbocycles. The molecule has 1 heteroatoms. The predicted molar refractivity (Wildman–Crippen MR) is 24.5 cm³/mol. The maximum atomic E-state index is 3.62. The number of hydrogen-bond acceptors (Lipinski definition) is 0. The molecule has 0 spiro atoms. The summed E-state index contributed by atoms with van der Waals surface area (Å²) in [6, 6.07) is 0. The minimum atomic E-state index is 1.03. The van der Waals surface area contributed by atoms with Crippen LogP contribution in [-0.2, 0) is 0 Å². The van der Waals surface area contributed by atoms with Gasteiger partial charge in [0.25, 0.3) is 0 Å². The van der Waals surface area contributed by atoms with Crippen LogP contribution in [0.25, 0.3) is 0 Å². The van der Waals surface area contributed by atoms with Crippen LogP contribution in [0.4, 0.5) is 0 Å². The SMILES string of the molecule is [CH2]CPC. The second kappa shape index (κ2) is 3.43. The van der Waals surface area contributed by atoms with E-state index < -0.39 is 0 Å². The summed E-state index contributed by atoms with van der Waals surface area (Å²) in [5, 5.41) is 0. The molecule has 0 fully saturated rings. The van der Waals surface area contributed by atoms with Crippen molar-refractivity contribution in [2.45, 2.75) is 0 Å². The van der Waals surface area contributed by atoms with Gasteiger partial charge in [0, 0.05) is 0 Å². The van der Waals surface area contributed by atoms with Crippen molar-refractivity contribution in [1.82, 2.24) is 0 Å². The van der Waals surface area contributed by atoms with Crippen molar-refractivity contribution in [3.8, 4) is 0 Å². The van der Waals surface area contributed by atoms with Crippen molar-refractivity contribution < 1.29 is 0 Å². The molecular weight excluding hydrogens is 67.0 g/mol. The van der Waals surface area contributed by atoms with E-state index in [9.17, 15) is 0 Å². The smallest absolute Gasteiger partial charge is 0.0356 e. The zero-order valence-corrected chi connectivity index (χ0v) is 3.91. The maximum absolute atomic E-state index is 3.62. The Labute approximate surface area is 29.4 Å². The second-order valence-electron chi connectivity index (χ2n) is 0.604. The van der Waals surface area contributed by atoms with E-state index in [-0.39, 0.29) is 0 Å². The minimum Gasteiger partial charge on any atom is -0.125 e. The van der Waals surface area contributed by atoms with Crippen molar-refractivity contribution in [1.29, 1.82) is 0 Å². The molecule has 0 amide bonds. The van der Waals surface area contributed by atoms with Crippen LogP contribution in [0.1, 0.15) is 0 Å². The van der Waals surface area contributed by atoms with Gasteiger partial charge in [0.1, 0.15) is 0 Å². The van der Waals surface area contributed by atoms with Crippen LogP contribution in [0.2, 0.25) is 0 Å². The number of hydrogen-bond donors (Lipinski definition) is 0. The first-order chi connectivity index (χ1) is 1.91. The molecule has 0 N–H and O–H groups in total. The maximum Gasteiger partial charge on any atom is -0.0356 e. The Morgan fingerprint density at radius 2 is 2.25 bits per heavy atom. The fourth-order valence-electron chi connectivity index (χ4n) is 0. The van der Waals surface area contributed by atoms with Crippen molar-refractivity contribution in [3.63, 3.8) is 0 Å². The Kier molecular flexibility index (Phi) is 3.80. The molecule has 0 aromatic heterocycles. The van der Waals surface area contributed by atoms with Gasteiger partial charge in [-0.1, -0.05) is 0 Å². The Bertz CT molecular complexity index is 5.25. The van der Waals surface area contributed by atoms with E-state index in [0.29, 0.717) is 0 Å². The fraction of sp³-hybridized carbons (Fsp3) is 0.667. The van der Waals surface area contributed by atoms with Gasteiger partial charge in [0.15, 0.2) is 0 Å². The largest absolute Gasteiger partial charge is 0.125 e. The average Bonchev–Trinajstić information content (AvgIpc) is 1.37. The molecule has 0 saturated heterocycles. The molecule has 25 valence electrons. The molecule has 0 rings (SSSR count). The van der Waals surface area contributed by atoms with E-state index in [1.165, 1.54) is 0 Å². The fourth-order valence-corrected chi connectivity index (χ4v) is 0. The molecule has 0 aliphatic rings. The third-order valence-electron chi connectivity index (χ3n) is 0.250. The van der Waals surface area contributed by atoms with Gasteiger partial charge in [0.05, 0.1) is 0 Å². The molecule has 0 aromatic rings. The highest BCUT2D eigenvalue weighted by Gasteiger charge is 1.55. The third-order valence-corrected chi connectivity index (χ3v) is 0.750. The van der Waals surface area contributed by atoms with E-state index in [2.05, 4.69) is 13.6 Å². The lowest BCUT2D eigenvalue weighted by Gasteiger charge is -1.69. The highest BCUT2D eigenvalue weighted by molar-refractivity contribution is 7.37. The van der Waals surface area contributed by atoms with E-state index in [1.54, 1.807) is 0 Å². The molecule has 4 heavy (non-hydrogen) atoms. The van der Waals surface area contributed by atoms with Gasteiger partial charge in [0.2, 0.25) is 0 Å². The second-order valence-corrected chi connectivity index (χ2v) is 1.81. The summed E-state index contributed by atoms with van der Waals surface area (Å²) in [6.07, 6.45) is 1.10. The Hall–Kier alpha value is 0.430. The summed E-state index contributed by atoms with van der Waals surface area (Å²) in [4.78, 5) is 0. The van der Waals surface area contributed by atoms with Gasteiger partial charge >= 0.3 is 0 Å². The molecule has 0 heterocycles. The summed E-state index contributed by atoms with van der Waals surface area (Å²) < 4.78 is 0. The topological polar surface area (TPSA) is 0 Å². The lowest BCUT2D eigenvalue weighted by atomic mass is 11.0. The van der Waals surface area contributed by atoms with Crippen molar-refractivity contribution in [2.75, 3.05) is 12.8 Å². The third kappa shape index (κ3) is 2.43. The molecular formula is C3H8P. The van der Waals surface area contributed by atoms with Gasteiger partial charge < -0.3 is 0 Å². The van der Waals surface area contributed by atoms with Crippen LogP contribution in [0.15, 0.2) is 0 Å². The van der Waals surface area contributed by atoms with Gasteiger partial charge in [-0.3, -0.25) is 0 Å². The van der Waals surface area contributed by atoms with Crippen molar-refractivity contribution in [2.24, 2.45) is 0 Å². The zero-order valence-electron chi connectivity index (χ0n) is 2.91. The molecule has 1 atom stereocenters. The molecule has 0 aliphatic heterocycles. The van der Waals surface area contributed by atoms with Gasteiger partial charge in [-0.2, -0.15) is 0 Å². The molecule has 1 radical (unpaired) electrons. The monoisotopic (exact) mass is 75.0 g/mol. The number of rotatable bonds is 1. The van der Waals surface area contributed by atoms with E-state index in [4.69, 9.17) is 0 Å². The van der Waals surface area contributed by atoms with Crippen LogP contribution >= 0.6 is 8.58 Å². The average molecular weight is 75.1 g/mol. The molecule has 0 aromatic carbocycles. The Morgan fingerprint density at radius 3 is 2.25 bits per heavy atom. The molecule has 0 nitrogen and oxygen atoms in total. The summed E-state index contributed by atoms with van der Waals surface area (Å²) in [5.41, 5.74) is 0. The first-order valence-electron chi connectivity index (χ1n) is 1.35. The van der Waals surface area contributed by atoms with Gasteiger partial charge in [-0.05, 0) is 19.8 Å². The van der Waals surface area contributed by atoms with Crippen LogP contribution in [-0.4, -0.2) is 12.8 Å². The van der Waals surface area contributed by atoms with E-state index in [0.717, 1.165) is 14.7 Å². The van der Waals surface area contributed by atoms with Gasteiger partial charge in [-0.25, -0.2) is 0 Å². The van der Waals surface area contributed by atoms with E-state index in [1.807, 2.05) is 0 Å². The summed E-state index contributed by atoms with van der Waals surface area (Å²) in [5.74, 6) is 0. The normalized spacial score (nSPS) is 10.5. The molecule has 0 aliphatic carbocycles. The van der Waals surface area contributed by atoms with E-state index >= 15 is 0 Å².